The van der Waals surface area contributed by atoms with Crippen molar-refractivity contribution in [2.24, 2.45) is 5.73 Å². The van der Waals surface area contributed by atoms with E-state index in [0.29, 0.717) is 20.1 Å². The summed E-state index contributed by atoms with van der Waals surface area (Å²) in [5.74, 6) is -2.43. The van der Waals surface area contributed by atoms with Crippen LogP contribution in [0, 0.1) is 0 Å². The van der Waals surface area contributed by atoms with Gasteiger partial charge < -0.3 is 15.2 Å². The minimum atomic E-state index is -0.929. The van der Waals surface area contributed by atoms with Crippen molar-refractivity contribution in [2.75, 3.05) is 13.2 Å². The maximum Gasteiger partial charge on any atom is 0.338 e. The first-order valence-electron chi connectivity index (χ1n) is 11.1. The highest BCUT2D eigenvalue weighted by Crippen LogP contribution is 2.38. The summed E-state index contributed by atoms with van der Waals surface area (Å²) in [6, 6.07) is 13.6. The highest BCUT2D eigenvalue weighted by atomic mass is 35.5. The fraction of sp³-hybridized carbons (Fsp3) is 0.192. The zero-order chi connectivity index (χ0) is 26.0. The van der Waals surface area contributed by atoms with Crippen molar-refractivity contribution in [3.05, 3.63) is 94.8 Å². The van der Waals surface area contributed by atoms with E-state index in [1.807, 2.05) is 0 Å². The van der Waals surface area contributed by atoms with Crippen molar-refractivity contribution in [3.8, 4) is 0 Å². The van der Waals surface area contributed by atoms with Crippen LogP contribution in [0.3, 0.4) is 0 Å². The number of carbonyl (C=O) groups is 2. The average molecular weight is 545 g/mol. The first-order valence-corrected chi connectivity index (χ1v) is 12.7. The van der Waals surface area contributed by atoms with Crippen LogP contribution in [0.2, 0.25) is 10.0 Å². The lowest BCUT2D eigenvalue weighted by Crippen LogP contribution is -2.42. The molecule has 0 bridgehead atoms. The monoisotopic (exact) mass is 544 g/mol. The van der Waals surface area contributed by atoms with Gasteiger partial charge in [-0.2, -0.15) is 0 Å². The maximum absolute atomic E-state index is 13.5. The highest BCUT2D eigenvalue weighted by molar-refractivity contribution is 7.07. The number of benzene rings is 2. The van der Waals surface area contributed by atoms with Gasteiger partial charge in [-0.05, 0) is 55.3 Å². The molecule has 186 valence electrons. The molecule has 1 aliphatic heterocycles. The molecule has 0 fully saturated rings. The summed E-state index contributed by atoms with van der Waals surface area (Å²) >= 11 is 13.2. The van der Waals surface area contributed by atoms with Crippen molar-refractivity contribution < 1.29 is 19.1 Å². The fourth-order valence-electron chi connectivity index (χ4n) is 3.96. The lowest BCUT2D eigenvalue weighted by molar-refractivity contribution is -0.138. The number of rotatable bonds is 6. The van der Waals surface area contributed by atoms with Crippen LogP contribution in [0.1, 0.15) is 30.9 Å². The largest absolute Gasteiger partial charge is 0.463 e. The van der Waals surface area contributed by atoms with Gasteiger partial charge in [0.25, 0.3) is 5.56 Å². The van der Waals surface area contributed by atoms with E-state index in [-0.39, 0.29) is 34.8 Å². The molecular weight excluding hydrogens is 523 g/mol. The predicted octanol–water partition coefficient (Wildman–Crippen LogP) is 3.25. The Hall–Kier alpha value is -3.33. The van der Waals surface area contributed by atoms with Gasteiger partial charge in [0.15, 0.2) is 0 Å². The first-order chi connectivity index (χ1) is 17.3. The van der Waals surface area contributed by atoms with E-state index in [1.54, 1.807) is 68.5 Å². The summed E-state index contributed by atoms with van der Waals surface area (Å²) in [6.45, 7) is 3.52. The third-order valence-electron chi connectivity index (χ3n) is 5.51. The van der Waals surface area contributed by atoms with E-state index in [9.17, 15) is 14.4 Å². The Kier molecular flexibility index (Phi) is 7.68. The number of hydrogen-bond donors (Lipinski definition) is 1. The topological polar surface area (TPSA) is 101 Å². The van der Waals surface area contributed by atoms with Crippen molar-refractivity contribution >= 4 is 63.9 Å². The minimum absolute atomic E-state index is 0.0207. The van der Waals surface area contributed by atoms with E-state index in [4.69, 9.17) is 38.4 Å². The van der Waals surface area contributed by atoms with E-state index in [1.165, 1.54) is 4.57 Å². The lowest BCUT2D eigenvalue weighted by Gasteiger charge is -2.27. The number of fused-ring (bicyclic) bond motifs is 1. The van der Waals surface area contributed by atoms with Crippen molar-refractivity contribution in [1.29, 1.82) is 0 Å². The molecule has 0 saturated heterocycles. The fourth-order valence-corrected chi connectivity index (χ4v) is 5.38. The van der Waals surface area contributed by atoms with Crippen LogP contribution in [0.25, 0.3) is 17.5 Å². The van der Waals surface area contributed by atoms with Crippen LogP contribution >= 0.6 is 34.5 Å². The molecule has 0 unspecified atom stereocenters. The molecule has 10 heteroatoms. The Balaban J connectivity index is 2.10. The van der Waals surface area contributed by atoms with Crippen molar-refractivity contribution in [3.63, 3.8) is 0 Å². The van der Waals surface area contributed by atoms with Crippen LogP contribution in [-0.2, 0) is 19.1 Å². The Labute approximate surface area is 220 Å². The number of aromatic nitrogens is 1. The van der Waals surface area contributed by atoms with Gasteiger partial charge in [0.05, 0.1) is 34.8 Å². The number of thiazole rings is 1. The third-order valence-corrected chi connectivity index (χ3v) is 7.12. The van der Waals surface area contributed by atoms with Crippen LogP contribution in [-0.4, -0.2) is 29.7 Å². The van der Waals surface area contributed by atoms with Crippen molar-refractivity contribution in [1.82, 2.24) is 4.57 Å². The molecule has 2 aromatic carbocycles. The summed E-state index contributed by atoms with van der Waals surface area (Å²) < 4.78 is 12.4. The Morgan fingerprint density at radius 1 is 0.944 bits per heavy atom. The zero-order valence-corrected chi connectivity index (χ0v) is 21.7. The molecule has 3 aromatic rings. The van der Waals surface area contributed by atoms with E-state index < -0.39 is 23.4 Å². The number of hydrogen-bond acceptors (Lipinski definition) is 7. The van der Waals surface area contributed by atoms with Gasteiger partial charge >= 0.3 is 11.9 Å². The summed E-state index contributed by atoms with van der Waals surface area (Å²) in [7, 11) is 0. The highest BCUT2D eigenvalue weighted by Gasteiger charge is 2.39. The Bertz CT molecular complexity index is 1540. The summed E-state index contributed by atoms with van der Waals surface area (Å²) in [5, 5.41) is 1.04. The Morgan fingerprint density at radius 3 is 2.03 bits per heavy atom. The molecule has 0 amide bonds. The molecule has 0 aliphatic carbocycles. The van der Waals surface area contributed by atoms with Crippen LogP contribution in [0.4, 0.5) is 0 Å². The molecule has 0 spiro atoms. The molecule has 7 nitrogen and oxygen atoms in total. The smallest absolute Gasteiger partial charge is 0.338 e. The second-order valence-corrected chi connectivity index (χ2v) is 9.65. The number of esters is 2. The van der Waals surface area contributed by atoms with Gasteiger partial charge in [0.2, 0.25) is 0 Å². The van der Waals surface area contributed by atoms with Gasteiger partial charge in [-0.3, -0.25) is 9.36 Å². The number of nitrogens with two attached hydrogens (primary N) is 1. The summed E-state index contributed by atoms with van der Waals surface area (Å²) in [5.41, 5.74) is 7.40. The number of carbonyl (C=O) groups excluding carboxylic acids is 2. The van der Waals surface area contributed by atoms with Crippen LogP contribution < -0.4 is 20.5 Å². The number of ether oxygens (including phenoxy) is 2. The van der Waals surface area contributed by atoms with E-state index in [0.717, 1.165) is 16.9 Å². The maximum atomic E-state index is 13.5. The average Bonchev–Trinajstić information content (AvgIpc) is 3.17. The second-order valence-electron chi connectivity index (χ2n) is 7.75. The summed E-state index contributed by atoms with van der Waals surface area (Å²) in [4.78, 5) is 40.0. The van der Waals surface area contributed by atoms with Crippen LogP contribution in [0.5, 0.6) is 0 Å². The normalized spacial score (nSPS) is 15.6. The zero-order valence-electron chi connectivity index (χ0n) is 19.4. The first kappa shape index (κ1) is 25.8. The van der Waals surface area contributed by atoms with Gasteiger partial charge in [0, 0.05) is 10.0 Å². The SMILES string of the molecule is CCOC(=O)C1=C(N)n2c(s/c(=C\c3ccc(Cl)cc3)c2=O)=C(C(=O)OCC)[C@@H]1c1ccc(Cl)cc1. The van der Waals surface area contributed by atoms with E-state index >= 15 is 0 Å². The lowest BCUT2D eigenvalue weighted by atomic mass is 9.83. The standard InChI is InChI=1S/C26H22Cl2N2O5S/c1-3-34-25(32)20-19(15-7-11-17(28)12-8-15)21(26(33)35-4-2)24-30(22(20)29)23(31)18(36-24)13-14-5-9-16(27)10-6-14/h5-13,19H,3-4,29H2,1-2H3/b18-13-/t19-/m1/s1. The van der Waals surface area contributed by atoms with Gasteiger partial charge in [0.1, 0.15) is 10.5 Å². The quantitative estimate of drug-likeness (QED) is 0.478. The van der Waals surface area contributed by atoms with Gasteiger partial charge in [-0.15, -0.1) is 11.3 Å². The molecule has 2 N–H and O–H groups in total. The van der Waals surface area contributed by atoms with Crippen molar-refractivity contribution in [2.45, 2.75) is 19.8 Å². The predicted molar refractivity (Wildman–Crippen MR) is 141 cm³/mol. The Morgan fingerprint density at radius 2 is 1.47 bits per heavy atom. The molecule has 1 aliphatic rings. The minimum Gasteiger partial charge on any atom is -0.463 e. The second kappa shape index (κ2) is 10.7. The summed E-state index contributed by atoms with van der Waals surface area (Å²) in [6.07, 6.45) is 1.67. The molecule has 4 rings (SSSR count). The molecule has 0 radical (unpaired) electrons. The molecule has 36 heavy (non-hydrogen) atoms. The molecule has 0 saturated carbocycles. The van der Waals surface area contributed by atoms with Gasteiger partial charge in [-0.25, -0.2) is 9.59 Å². The van der Waals surface area contributed by atoms with E-state index in [2.05, 4.69) is 0 Å². The number of nitrogens with zero attached hydrogens (tertiary/aromatic N) is 1. The number of halogens is 2. The van der Waals surface area contributed by atoms with Gasteiger partial charge in [-0.1, -0.05) is 47.5 Å². The van der Waals surface area contributed by atoms with Crippen LogP contribution in [0.15, 0.2) is 58.9 Å². The molecule has 2 heterocycles. The molecular formula is C26H22Cl2N2O5S. The third kappa shape index (κ3) is 4.84. The molecule has 1 atom stereocenters. The molecule has 1 aromatic heterocycles.